The first-order chi connectivity index (χ1) is 10.2. The van der Waals surface area contributed by atoms with Gasteiger partial charge in [-0.05, 0) is 36.5 Å². The number of anilines is 1. The Morgan fingerprint density at radius 1 is 1.43 bits per heavy atom. The number of benzene rings is 1. The molecule has 0 aromatic heterocycles. The highest BCUT2D eigenvalue weighted by atomic mass is 16.1. The summed E-state index contributed by atoms with van der Waals surface area (Å²) in [7, 11) is 0. The zero-order chi connectivity index (χ0) is 14.8. The Labute approximate surface area is 124 Å². The second-order valence-electron chi connectivity index (χ2n) is 5.87. The minimum absolute atomic E-state index is 0.176. The molecule has 2 aliphatic heterocycles. The molecule has 3 rings (SSSR count). The van der Waals surface area contributed by atoms with Crippen LogP contribution in [0.5, 0.6) is 0 Å². The first-order valence-corrected chi connectivity index (χ1v) is 7.48. The molecule has 5 nitrogen and oxygen atoms in total. The Hall–Kier alpha value is -2.06. The van der Waals surface area contributed by atoms with Crippen LogP contribution in [0.4, 0.5) is 5.69 Å². The number of fused-ring (bicyclic) bond motifs is 1. The van der Waals surface area contributed by atoms with Crippen LogP contribution in [0, 0.1) is 17.2 Å². The summed E-state index contributed by atoms with van der Waals surface area (Å²) in [6, 6.07) is 8.45. The summed E-state index contributed by atoms with van der Waals surface area (Å²) in [5.74, 6) is 0.659. The number of hydrogen-bond donors (Lipinski definition) is 2. The molecular formula is C16H20N4O. The number of carbonyl (C=O) groups excluding carboxylic acids is 1. The maximum absolute atomic E-state index is 11.5. The van der Waals surface area contributed by atoms with Crippen LogP contribution < -0.4 is 16.0 Å². The first-order valence-electron chi connectivity index (χ1n) is 7.48. The molecule has 2 unspecified atom stereocenters. The zero-order valence-electron chi connectivity index (χ0n) is 12.0. The van der Waals surface area contributed by atoms with E-state index in [0.29, 0.717) is 30.5 Å². The number of nitrogens with two attached hydrogens (primary N) is 1. The van der Waals surface area contributed by atoms with Gasteiger partial charge in [0.1, 0.15) is 6.07 Å². The minimum Gasteiger partial charge on any atom is -0.370 e. The van der Waals surface area contributed by atoms with Crippen LogP contribution in [0.25, 0.3) is 0 Å². The predicted molar refractivity (Wildman–Crippen MR) is 80.5 cm³/mol. The van der Waals surface area contributed by atoms with Crippen molar-refractivity contribution < 1.29 is 4.79 Å². The Bertz CT molecular complexity index is 592. The normalized spacial score (nSPS) is 25.0. The van der Waals surface area contributed by atoms with E-state index in [1.54, 1.807) is 0 Å². The van der Waals surface area contributed by atoms with Gasteiger partial charge in [-0.3, -0.25) is 4.79 Å². The van der Waals surface area contributed by atoms with Gasteiger partial charge in [0.05, 0.1) is 11.3 Å². The van der Waals surface area contributed by atoms with Crippen LogP contribution >= 0.6 is 0 Å². The van der Waals surface area contributed by atoms with Gasteiger partial charge < -0.3 is 16.0 Å². The van der Waals surface area contributed by atoms with Crippen LogP contribution in [0.1, 0.15) is 30.4 Å². The third-order valence-electron chi connectivity index (χ3n) is 4.58. The topological polar surface area (TPSA) is 82.2 Å². The van der Waals surface area contributed by atoms with Crippen molar-refractivity contribution in [3.63, 3.8) is 0 Å². The SMILES string of the molecule is N#Cc1cc(CN)ccc1N1CCC2NC(=O)CCC2C1. The summed E-state index contributed by atoms with van der Waals surface area (Å²) in [4.78, 5) is 13.7. The van der Waals surface area contributed by atoms with E-state index >= 15 is 0 Å². The molecule has 1 aromatic carbocycles. The molecule has 2 heterocycles. The third-order valence-corrected chi connectivity index (χ3v) is 4.58. The van der Waals surface area contributed by atoms with Crippen molar-refractivity contribution in [3.8, 4) is 6.07 Å². The average molecular weight is 284 g/mol. The van der Waals surface area contributed by atoms with Gasteiger partial charge in [-0.15, -0.1) is 0 Å². The quantitative estimate of drug-likeness (QED) is 0.852. The van der Waals surface area contributed by atoms with Gasteiger partial charge >= 0.3 is 0 Å². The van der Waals surface area contributed by atoms with E-state index in [-0.39, 0.29) is 5.91 Å². The fourth-order valence-corrected chi connectivity index (χ4v) is 3.40. The van der Waals surface area contributed by atoms with Crippen molar-refractivity contribution in [3.05, 3.63) is 29.3 Å². The second kappa shape index (κ2) is 5.74. The summed E-state index contributed by atoms with van der Waals surface area (Å²) >= 11 is 0. The number of hydrogen-bond acceptors (Lipinski definition) is 4. The van der Waals surface area contributed by atoms with Crippen LogP contribution in [0.15, 0.2) is 18.2 Å². The van der Waals surface area contributed by atoms with Crippen LogP contribution in [0.3, 0.4) is 0 Å². The highest BCUT2D eigenvalue weighted by molar-refractivity contribution is 5.77. The van der Waals surface area contributed by atoms with E-state index in [4.69, 9.17) is 5.73 Å². The number of carbonyl (C=O) groups is 1. The number of nitrogens with zero attached hydrogens (tertiary/aromatic N) is 2. The number of nitrogens with one attached hydrogen (secondary N) is 1. The first kappa shape index (κ1) is 13.9. The molecule has 0 spiro atoms. The molecule has 5 heteroatoms. The lowest BCUT2D eigenvalue weighted by molar-refractivity contribution is -0.124. The molecule has 0 radical (unpaired) electrons. The fourth-order valence-electron chi connectivity index (χ4n) is 3.40. The third kappa shape index (κ3) is 2.72. The molecule has 0 saturated carbocycles. The van der Waals surface area contributed by atoms with Gasteiger partial charge in [-0.2, -0.15) is 5.26 Å². The number of amides is 1. The summed E-state index contributed by atoms with van der Waals surface area (Å²) in [6.07, 6.45) is 2.50. The Balaban J connectivity index is 1.79. The number of nitriles is 1. The van der Waals surface area contributed by atoms with Gasteiger partial charge in [0, 0.05) is 32.1 Å². The molecule has 1 amide bonds. The molecule has 0 aliphatic carbocycles. The monoisotopic (exact) mass is 284 g/mol. The maximum atomic E-state index is 11.5. The van der Waals surface area contributed by atoms with Gasteiger partial charge in [0.15, 0.2) is 0 Å². The largest absolute Gasteiger partial charge is 0.370 e. The Morgan fingerprint density at radius 2 is 2.29 bits per heavy atom. The molecule has 0 bridgehead atoms. The van der Waals surface area contributed by atoms with Crippen LogP contribution in [-0.4, -0.2) is 25.0 Å². The molecule has 2 atom stereocenters. The highest BCUT2D eigenvalue weighted by Gasteiger charge is 2.34. The summed E-state index contributed by atoms with van der Waals surface area (Å²) in [5.41, 5.74) is 8.30. The summed E-state index contributed by atoms with van der Waals surface area (Å²) in [5, 5.41) is 12.5. The zero-order valence-corrected chi connectivity index (χ0v) is 12.0. The molecule has 2 aliphatic rings. The van der Waals surface area contributed by atoms with Crippen molar-refractivity contribution in [1.82, 2.24) is 5.32 Å². The van der Waals surface area contributed by atoms with Gasteiger partial charge in [-0.1, -0.05) is 6.07 Å². The van der Waals surface area contributed by atoms with Crippen molar-refractivity contribution >= 4 is 11.6 Å². The lowest BCUT2D eigenvalue weighted by Gasteiger charge is -2.42. The molecule has 1 aromatic rings. The van der Waals surface area contributed by atoms with Crippen molar-refractivity contribution in [2.75, 3.05) is 18.0 Å². The summed E-state index contributed by atoms with van der Waals surface area (Å²) < 4.78 is 0. The number of rotatable bonds is 2. The molecule has 3 N–H and O–H groups in total. The molecule has 110 valence electrons. The van der Waals surface area contributed by atoms with Gasteiger partial charge in [0.2, 0.25) is 5.91 Å². The minimum atomic E-state index is 0.176. The smallest absolute Gasteiger partial charge is 0.220 e. The number of piperidine rings is 2. The van der Waals surface area contributed by atoms with Crippen molar-refractivity contribution in [2.24, 2.45) is 11.7 Å². The van der Waals surface area contributed by atoms with Crippen LogP contribution in [0.2, 0.25) is 0 Å². The highest BCUT2D eigenvalue weighted by Crippen LogP contribution is 2.30. The average Bonchev–Trinajstić information content (AvgIpc) is 2.53. The van der Waals surface area contributed by atoms with E-state index in [9.17, 15) is 10.1 Å². The van der Waals surface area contributed by atoms with Crippen molar-refractivity contribution in [2.45, 2.75) is 31.8 Å². The molecular weight excluding hydrogens is 264 g/mol. The van der Waals surface area contributed by atoms with E-state index in [1.165, 1.54) is 0 Å². The van der Waals surface area contributed by atoms with Gasteiger partial charge in [-0.25, -0.2) is 0 Å². The van der Waals surface area contributed by atoms with Crippen molar-refractivity contribution in [1.29, 1.82) is 5.26 Å². The van der Waals surface area contributed by atoms with Gasteiger partial charge in [0.25, 0.3) is 0 Å². The summed E-state index contributed by atoms with van der Waals surface area (Å²) in [6.45, 7) is 2.23. The molecule has 2 saturated heterocycles. The molecule has 21 heavy (non-hydrogen) atoms. The van der Waals surface area contributed by atoms with Crippen LogP contribution in [-0.2, 0) is 11.3 Å². The van der Waals surface area contributed by atoms with E-state index in [1.807, 2.05) is 18.2 Å². The second-order valence-corrected chi connectivity index (χ2v) is 5.87. The standard InChI is InChI=1S/C16H20N4O/c17-8-11-1-3-15(13(7-11)9-18)20-6-5-14-12(10-20)2-4-16(21)19-14/h1,3,7,12,14H,2,4-6,8,10,17H2,(H,19,21). The Kier molecular flexibility index (Phi) is 3.80. The maximum Gasteiger partial charge on any atom is 0.220 e. The fraction of sp³-hybridized carbons (Fsp3) is 0.500. The predicted octanol–water partition coefficient (Wildman–Crippen LogP) is 1.12. The van der Waals surface area contributed by atoms with E-state index < -0.39 is 0 Å². The van der Waals surface area contributed by atoms with E-state index in [2.05, 4.69) is 16.3 Å². The lowest BCUT2D eigenvalue weighted by atomic mass is 9.85. The lowest BCUT2D eigenvalue weighted by Crippen LogP contribution is -2.54. The molecule has 2 fully saturated rings. The Morgan fingerprint density at radius 3 is 3.05 bits per heavy atom. The van der Waals surface area contributed by atoms with E-state index in [0.717, 1.165) is 37.2 Å².